The Labute approximate surface area is 124 Å². The van der Waals surface area contributed by atoms with Gasteiger partial charge in [-0.2, -0.15) is 0 Å². The van der Waals surface area contributed by atoms with Crippen molar-refractivity contribution in [1.29, 1.82) is 0 Å². The summed E-state index contributed by atoms with van der Waals surface area (Å²) in [5.41, 5.74) is 0. The molecule has 18 heavy (non-hydrogen) atoms. The van der Waals surface area contributed by atoms with E-state index >= 15 is 0 Å². The average molecular weight is 379 g/mol. The molecule has 0 bridgehead atoms. The largest absolute Gasteiger partial charge is 0.490 e. The number of hydrogen-bond acceptors (Lipinski definition) is 3. The maximum Gasteiger partial charge on any atom is 0.147 e. The molecule has 100 valence electrons. The van der Waals surface area contributed by atoms with Gasteiger partial charge in [-0.15, -0.1) is 0 Å². The molecule has 0 spiro atoms. The first-order valence-electron chi connectivity index (χ1n) is 6.15. The second-order valence-corrected chi connectivity index (χ2v) is 5.95. The van der Waals surface area contributed by atoms with Gasteiger partial charge >= 0.3 is 0 Å². The third-order valence-electron chi connectivity index (χ3n) is 2.92. The number of benzene rings is 1. The van der Waals surface area contributed by atoms with Gasteiger partial charge in [0.1, 0.15) is 12.4 Å². The molecular formula is C13H17Br2NO2. The monoisotopic (exact) mass is 377 g/mol. The van der Waals surface area contributed by atoms with E-state index in [1.54, 1.807) is 0 Å². The molecule has 1 aromatic carbocycles. The number of nitrogens with one attached hydrogen (secondary N) is 1. The van der Waals surface area contributed by atoms with Crippen LogP contribution < -0.4 is 10.1 Å². The summed E-state index contributed by atoms with van der Waals surface area (Å²) >= 11 is 6.97. The van der Waals surface area contributed by atoms with Crippen LogP contribution in [0.2, 0.25) is 0 Å². The van der Waals surface area contributed by atoms with Gasteiger partial charge in [0.15, 0.2) is 0 Å². The van der Waals surface area contributed by atoms with E-state index in [1.165, 1.54) is 0 Å². The van der Waals surface area contributed by atoms with Gasteiger partial charge in [0.05, 0.1) is 8.95 Å². The molecule has 1 aliphatic rings. The number of hydrogen-bond donors (Lipinski definition) is 1. The zero-order valence-corrected chi connectivity index (χ0v) is 13.3. The third kappa shape index (κ3) is 4.23. The first-order valence-corrected chi connectivity index (χ1v) is 7.74. The van der Waals surface area contributed by atoms with Crippen LogP contribution in [0.15, 0.2) is 27.1 Å². The molecule has 2 rings (SSSR count). The van der Waals surface area contributed by atoms with Crippen LogP contribution >= 0.6 is 31.9 Å². The molecule has 1 saturated heterocycles. The quantitative estimate of drug-likeness (QED) is 0.797. The van der Waals surface area contributed by atoms with Crippen molar-refractivity contribution < 1.29 is 9.47 Å². The predicted octanol–water partition coefficient (Wildman–Crippen LogP) is 3.36. The fourth-order valence-electron chi connectivity index (χ4n) is 1.94. The van der Waals surface area contributed by atoms with Crippen molar-refractivity contribution in [2.45, 2.75) is 18.9 Å². The molecule has 0 unspecified atom stereocenters. The lowest BCUT2D eigenvalue weighted by Crippen LogP contribution is -2.37. The van der Waals surface area contributed by atoms with Crippen molar-refractivity contribution in [2.24, 2.45) is 0 Å². The summed E-state index contributed by atoms with van der Waals surface area (Å²) in [6, 6.07) is 6.50. The second kappa shape index (κ2) is 7.48. The van der Waals surface area contributed by atoms with Gasteiger partial charge in [-0.25, -0.2) is 0 Å². The van der Waals surface area contributed by atoms with Gasteiger partial charge in [-0.1, -0.05) is 6.07 Å². The number of halogens is 2. The minimum absolute atomic E-state index is 0.574. The van der Waals surface area contributed by atoms with Crippen LogP contribution in [-0.2, 0) is 4.74 Å². The highest BCUT2D eigenvalue weighted by atomic mass is 79.9. The standard InChI is InChI=1S/C13H17Br2NO2/c14-11-2-1-3-12(15)13(11)18-9-6-16-10-4-7-17-8-5-10/h1-3,10,16H,4-9H2. The summed E-state index contributed by atoms with van der Waals surface area (Å²) in [4.78, 5) is 0. The van der Waals surface area contributed by atoms with Gasteiger partial charge in [0.2, 0.25) is 0 Å². The zero-order valence-electron chi connectivity index (χ0n) is 10.1. The topological polar surface area (TPSA) is 30.5 Å². The van der Waals surface area contributed by atoms with Crippen molar-refractivity contribution in [1.82, 2.24) is 5.32 Å². The second-order valence-electron chi connectivity index (χ2n) is 4.24. The molecule has 5 heteroatoms. The molecule has 0 atom stereocenters. The van der Waals surface area contributed by atoms with Gasteiger partial charge < -0.3 is 14.8 Å². The molecule has 0 amide bonds. The van der Waals surface area contributed by atoms with E-state index in [0.717, 1.165) is 47.3 Å². The minimum atomic E-state index is 0.574. The lowest BCUT2D eigenvalue weighted by molar-refractivity contribution is 0.0770. The van der Waals surface area contributed by atoms with Crippen LogP contribution in [0, 0.1) is 0 Å². The Morgan fingerprint density at radius 1 is 1.22 bits per heavy atom. The van der Waals surface area contributed by atoms with Gasteiger partial charge in [0, 0.05) is 25.8 Å². The molecule has 0 radical (unpaired) electrons. The smallest absolute Gasteiger partial charge is 0.147 e. The molecule has 1 aromatic rings. The van der Waals surface area contributed by atoms with Crippen LogP contribution in [0.3, 0.4) is 0 Å². The molecule has 1 fully saturated rings. The van der Waals surface area contributed by atoms with E-state index in [9.17, 15) is 0 Å². The van der Waals surface area contributed by atoms with E-state index in [4.69, 9.17) is 9.47 Å². The molecule has 0 saturated carbocycles. The van der Waals surface area contributed by atoms with Gasteiger partial charge in [-0.05, 0) is 56.8 Å². The van der Waals surface area contributed by atoms with Crippen molar-refractivity contribution >= 4 is 31.9 Å². The maximum atomic E-state index is 5.77. The van der Waals surface area contributed by atoms with E-state index in [0.29, 0.717) is 12.6 Å². The van der Waals surface area contributed by atoms with Gasteiger partial charge in [-0.3, -0.25) is 0 Å². The average Bonchev–Trinajstić information content (AvgIpc) is 2.38. The number of para-hydroxylation sites is 1. The Balaban J connectivity index is 1.71. The first-order chi connectivity index (χ1) is 8.77. The summed E-state index contributed by atoms with van der Waals surface area (Å²) < 4.78 is 13.0. The number of ether oxygens (including phenoxy) is 2. The predicted molar refractivity (Wildman–Crippen MR) is 79.2 cm³/mol. The van der Waals surface area contributed by atoms with E-state index in [-0.39, 0.29) is 0 Å². The number of rotatable bonds is 5. The molecule has 0 aliphatic carbocycles. The SMILES string of the molecule is Brc1cccc(Br)c1OCCNC1CCOCC1. The Bertz CT molecular complexity index is 361. The van der Waals surface area contributed by atoms with Crippen LogP contribution in [-0.4, -0.2) is 32.4 Å². The van der Waals surface area contributed by atoms with Crippen molar-refractivity contribution in [2.75, 3.05) is 26.4 Å². The Morgan fingerprint density at radius 2 is 1.89 bits per heavy atom. The Hall–Kier alpha value is -0.100. The summed E-state index contributed by atoms with van der Waals surface area (Å²) in [6.07, 6.45) is 2.19. The Kier molecular flexibility index (Phi) is 5.95. The lowest BCUT2D eigenvalue weighted by atomic mass is 10.1. The highest BCUT2D eigenvalue weighted by Crippen LogP contribution is 2.32. The van der Waals surface area contributed by atoms with Crippen LogP contribution in [0.5, 0.6) is 5.75 Å². The minimum Gasteiger partial charge on any atom is -0.490 e. The maximum absolute atomic E-state index is 5.77. The lowest BCUT2D eigenvalue weighted by Gasteiger charge is -2.23. The highest BCUT2D eigenvalue weighted by Gasteiger charge is 2.12. The third-order valence-corrected chi connectivity index (χ3v) is 4.17. The molecular weight excluding hydrogens is 362 g/mol. The fraction of sp³-hybridized carbons (Fsp3) is 0.538. The molecule has 3 nitrogen and oxygen atoms in total. The summed E-state index contributed by atoms with van der Waals surface area (Å²) in [7, 11) is 0. The van der Waals surface area contributed by atoms with E-state index < -0.39 is 0 Å². The van der Waals surface area contributed by atoms with Crippen LogP contribution in [0.4, 0.5) is 0 Å². The van der Waals surface area contributed by atoms with Crippen molar-refractivity contribution in [3.63, 3.8) is 0 Å². The van der Waals surface area contributed by atoms with Crippen LogP contribution in [0.1, 0.15) is 12.8 Å². The highest BCUT2D eigenvalue weighted by molar-refractivity contribution is 9.11. The summed E-state index contributed by atoms with van der Waals surface area (Å²) in [5.74, 6) is 0.867. The molecule has 1 aliphatic heterocycles. The van der Waals surface area contributed by atoms with Crippen molar-refractivity contribution in [3.05, 3.63) is 27.1 Å². The first kappa shape index (κ1) is 14.3. The summed E-state index contributed by atoms with van der Waals surface area (Å²) in [5, 5.41) is 3.50. The van der Waals surface area contributed by atoms with Crippen LogP contribution in [0.25, 0.3) is 0 Å². The van der Waals surface area contributed by atoms with Crippen molar-refractivity contribution in [3.8, 4) is 5.75 Å². The zero-order chi connectivity index (χ0) is 12.8. The van der Waals surface area contributed by atoms with E-state index in [1.807, 2.05) is 18.2 Å². The molecule has 0 aromatic heterocycles. The van der Waals surface area contributed by atoms with E-state index in [2.05, 4.69) is 37.2 Å². The molecule has 1 heterocycles. The normalized spacial score (nSPS) is 16.8. The van der Waals surface area contributed by atoms with Gasteiger partial charge in [0.25, 0.3) is 0 Å². The molecule has 1 N–H and O–H groups in total. The fourth-order valence-corrected chi connectivity index (χ4v) is 3.17. The summed E-state index contributed by atoms with van der Waals surface area (Å²) in [6.45, 7) is 3.26. The Morgan fingerprint density at radius 3 is 2.56 bits per heavy atom.